The predicted octanol–water partition coefficient (Wildman–Crippen LogP) is 0.908. The third-order valence-electron chi connectivity index (χ3n) is 2.55. The van der Waals surface area contributed by atoms with Gasteiger partial charge in [-0.2, -0.15) is 0 Å². The number of hydrogen-bond acceptors (Lipinski definition) is 6. The van der Waals surface area contributed by atoms with Crippen LogP contribution in [0.3, 0.4) is 0 Å². The van der Waals surface area contributed by atoms with Crippen molar-refractivity contribution >= 4 is 34.8 Å². The molecule has 0 saturated carbocycles. The largest absolute Gasteiger partial charge is 0.397 e. The van der Waals surface area contributed by atoms with Crippen LogP contribution in [-0.2, 0) is 4.79 Å². The fourth-order valence-electron chi connectivity index (χ4n) is 1.50. The number of nitro benzene ring substituents is 1. The summed E-state index contributed by atoms with van der Waals surface area (Å²) in [4.78, 5) is 19.9. The molecule has 1 amide bonds. The number of benzene rings is 1. The smallest absolute Gasteiger partial charge is 0.269 e. The number of aliphatic hydroxyl groups is 3. The van der Waals surface area contributed by atoms with E-state index in [4.69, 9.17) is 33.4 Å². The Hall–Kier alpha value is -1.45. The summed E-state index contributed by atoms with van der Waals surface area (Å²) in [5.41, 5.74) is 0.169. The second kappa shape index (κ2) is 11.1. The minimum absolute atomic E-state index is 0.132. The molecular weight excluding hydrogens is 351 g/mol. The number of hydrogen-bond donors (Lipinski definition) is 4. The Labute approximate surface area is 142 Å². The van der Waals surface area contributed by atoms with E-state index in [9.17, 15) is 20.0 Å². The van der Waals surface area contributed by atoms with E-state index in [2.05, 4.69) is 5.32 Å². The molecule has 0 aliphatic heterocycles. The van der Waals surface area contributed by atoms with Crippen molar-refractivity contribution < 1.29 is 25.0 Å². The summed E-state index contributed by atoms with van der Waals surface area (Å²) in [5.74, 6) is -0.756. The fraction of sp³-hybridized carbons (Fsp3) is 0.462. The van der Waals surface area contributed by atoms with E-state index in [1.165, 1.54) is 24.3 Å². The van der Waals surface area contributed by atoms with Gasteiger partial charge in [-0.1, -0.05) is 23.2 Å². The lowest BCUT2D eigenvalue weighted by Gasteiger charge is -2.22. The van der Waals surface area contributed by atoms with Gasteiger partial charge in [-0.3, -0.25) is 14.9 Å². The minimum Gasteiger partial charge on any atom is -0.397 e. The molecule has 2 atom stereocenters. The zero-order valence-electron chi connectivity index (χ0n) is 12.2. The highest BCUT2D eigenvalue weighted by atomic mass is 35.5. The summed E-state index contributed by atoms with van der Waals surface area (Å²) < 4.78 is 0. The molecule has 1 rings (SSSR count). The summed E-state index contributed by atoms with van der Waals surface area (Å²) in [5, 5.41) is 39.5. The molecule has 0 fully saturated rings. The van der Waals surface area contributed by atoms with Crippen molar-refractivity contribution in [2.45, 2.75) is 23.9 Å². The number of amides is 1. The Balaban J connectivity index is 0.00000149. The third kappa shape index (κ3) is 7.58. The summed E-state index contributed by atoms with van der Waals surface area (Å²) in [6.07, 6.45) is -1.25. The Morgan fingerprint density at radius 3 is 2.13 bits per heavy atom. The number of rotatable bonds is 6. The van der Waals surface area contributed by atoms with Crippen molar-refractivity contribution in [3.05, 3.63) is 39.9 Å². The predicted molar refractivity (Wildman–Crippen MR) is 85.3 cm³/mol. The lowest BCUT2D eigenvalue weighted by Crippen LogP contribution is -2.44. The molecule has 0 bridgehead atoms. The van der Waals surface area contributed by atoms with Gasteiger partial charge < -0.3 is 20.6 Å². The molecular formula is C13H18Cl2N2O6. The van der Waals surface area contributed by atoms with Gasteiger partial charge in [-0.25, -0.2) is 0 Å². The molecule has 0 radical (unpaired) electrons. The molecule has 0 aromatic heterocycles. The van der Waals surface area contributed by atoms with Crippen molar-refractivity contribution in [3.8, 4) is 0 Å². The van der Waals surface area contributed by atoms with Gasteiger partial charge >= 0.3 is 0 Å². The van der Waals surface area contributed by atoms with Gasteiger partial charge in [-0.05, 0) is 24.6 Å². The highest BCUT2D eigenvalue weighted by Gasteiger charge is 2.24. The van der Waals surface area contributed by atoms with Crippen molar-refractivity contribution in [1.29, 1.82) is 0 Å². The van der Waals surface area contributed by atoms with E-state index in [-0.39, 0.29) is 12.3 Å². The van der Waals surface area contributed by atoms with E-state index in [0.717, 1.165) is 0 Å². The zero-order valence-corrected chi connectivity index (χ0v) is 13.7. The maximum absolute atomic E-state index is 11.3. The zero-order chi connectivity index (χ0) is 18.0. The number of nitrogens with zero attached hydrogens (tertiary/aromatic N) is 1. The highest BCUT2D eigenvalue weighted by molar-refractivity contribution is 6.53. The van der Waals surface area contributed by atoms with Gasteiger partial charge in [0.1, 0.15) is 6.10 Å². The second-order valence-electron chi connectivity index (χ2n) is 4.21. The SMILES string of the molecule is CCO.O=C(NC(CO)C(O)c1ccc([N+](=O)[O-])cc1)C(Cl)Cl. The van der Waals surface area contributed by atoms with Crippen LogP contribution in [0.1, 0.15) is 18.6 Å². The molecule has 10 heteroatoms. The quantitative estimate of drug-likeness (QED) is 0.335. The van der Waals surface area contributed by atoms with E-state index < -0.39 is 34.4 Å². The molecule has 23 heavy (non-hydrogen) atoms. The summed E-state index contributed by atoms with van der Waals surface area (Å²) in [6.45, 7) is 1.38. The topological polar surface area (TPSA) is 133 Å². The van der Waals surface area contributed by atoms with Crippen LogP contribution < -0.4 is 5.32 Å². The molecule has 0 spiro atoms. The molecule has 0 aliphatic rings. The number of halogens is 2. The Morgan fingerprint density at radius 2 is 1.78 bits per heavy atom. The maximum atomic E-state index is 11.3. The normalized spacial score (nSPS) is 12.8. The first kappa shape index (κ1) is 21.6. The van der Waals surface area contributed by atoms with E-state index >= 15 is 0 Å². The minimum atomic E-state index is -1.33. The van der Waals surface area contributed by atoms with Crippen LogP contribution in [0.4, 0.5) is 5.69 Å². The van der Waals surface area contributed by atoms with Crippen molar-refractivity contribution in [2.75, 3.05) is 13.2 Å². The molecule has 4 N–H and O–H groups in total. The van der Waals surface area contributed by atoms with E-state index in [1.807, 2.05) is 0 Å². The molecule has 2 unspecified atom stereocenters. The molecule has 0 aliphatic carbocycles. The molecule has 8 nitrogen and oxygen atoms in total. The van der Waals surface area contributed by atoms with Crippen LogP contribution in [0.5, 0.6) is 0 Å². The molecule has 130 valence electrons. The molecule has 1 aromatic carbocycles. The number of non-ortho nitro benzene ring substituents is 1. The van der Waals surface area contributed by atoms with Crippen LogP contribution in [0, 0.1) is 10.1 Å². The average Bonchev–Trinajstić information content (AvgIpc) is 2.52. The van der Waals surface area contributed by atoms with Gasteiger partial charge in [0.2, 0.25) is 0 Å². The van der Waals surface area contributed by atoms with Gasteiger partial charge in [0.05, 0.1) is 17.6 Å². The molecule has 0 heterocycles. The Kier molecular flexibility index (Phi) is 10.4. The van der Waals surface area contributed by atoms with Crippen LogP contribution in [0.2, 0.25) is 0 Å². The van der Waals surface area contributed by atoms with Gasteiger partial charge in [0, 0.05) is 18.7 Å². The summed E-state index contributed by atoms with van der Waals surface area (Å²) in [7, 11) is 0. The average molecular weight is 369 g/mol. The number of nitro groups is 1. The monoisotopic (exact) mass is 368 g/mol. The third-order valence-corrected chi connectivity index (χ3v) is 2.95. The van der Waals surface area contributed by atoms with Crippen LogP contribution in [0.15, 0.2) is 24.3 Å². The number of carbonyl (C=O) groups excluding carboxylic acids is 1. The number of aliphatic hydroxyl groups excluding tert-OH is 3. The van der Waals surface area contributed by atoms with Crippen molar-refractivity contribution in [1.82, 2.24) is 5.32 Å². The fourth-order valence-corrected chi connectivity index (χ4v) is 1.62. The van der Waals surface area contributed by atoms with Crippen LogP contribution in [-0.4, -0.2) is 50.2 Å². The Morgan fingerprint density at radius 1 is 1.30 bits per heavy atom. The van der Waals surface area contributed by atoms with E-state index in [1.54, 1.807) is 6.92 Å². The summed E-state index contributed by atoms with van der Waals surface area (Å²) >= 11 is 10.7. The first-order chi connectivity index (χ1) is 10.8. The molecule has 1 aromatic rings. The van der Waals surface area contributed by atoms with Crippen molar-refractivity contribution in [3.63, 3.8) is 0 Å². The van der Waals surface area contributed by atoms with Crippen molar-refractivity contribution in [2.24, 2.45) is 0 Å². The number of alkyl halides is 2. The standard InChI is InChI=1S/C11H12Cl2N2O5.C2H6O/c12-10(13)11(18)14-8(5-16)9(17)6-1-3-7(4-2-6)15(19)20;1-2-3/h1-4,8-10,16-17H,5H2,(H,14,18);3H,2H2,1H3. The van der Waals surface area contributed by atoms with Crippen LogP contribution >= 0.6 is 23.2 Å². The highest BCUT2D eigenvalue weighted by Crippen LogP contribution is 2.20. The van der Waals surface area contributed by atoms with Gasteiger partial charge in [0.15, 0.2) is 4.84 Å². The van der Waals surface area contributed by atoms with E-state index in [0.29, 0.717) is 5.56 Å². The first-order valence-corrected chi connectivity index (χ1v) is 7.38. The summed E-state index contributed by atoms with van der Waals surface area (Å²) in [6, 6.07) is 4.05. The molecule has 0 saturated heterocycles. The number of nitrogens with one attached hydrogen (secondary N) is 1. The van der Waals surface area contributed by atoms with Gasteiger partial charge in [0.25, 0.3) is 11.6 Å². The maximum Gasteiger partial charge on any atom is 0.269 e. The lowest BCUT2D eigenvalue weighted by atomic mass is 10.0. The van der Waals surface area contributed by atoms with Crippen LogP contribution in [0.25, 0.3) is 0 Å². The Bertz CT molecular complexity index is 498. The lowest BCUT2D eigenvalue weighted by molar-refractivity contribution is -0.384. The van der Waals surface area contributed by atoms with Gasteiger partial charge in [-0.15, -0.1) is 0 Å². The number of carbonyl (C=O) groups is 1. The second-order valence-corrected chi connectivity index (χ2v) is 5.30. The first-order valence-electron chi connectivity index (χ1n) is 6.51.